The van der Waals surface area contributed by atoms with Crippen LogP contribution in [0.15, 0.2) is 4.40 Å². The third kappa shape index (κ3) is 4.23. The average Bonchev–Trinajstić information content (AvgIpc) is 1.83. The molecule has 0 aromatic rings. The first-order valence-electron chi connectivity index (χ1n) is 2.34. The van der Waals surface area contributed by atoms with Crippen LogP contribution in [0, 0.1) is 0 Å². The van der Waals surface area contributed by atoms with Crippen molar-refractivity contribution in [1.29, 1.82) is 0 Å². The second-order valence-corrected chi connectivity index (χ2v) is 2.68. The molecule has 0 rings (SSSR count). The molecular formula is C3F3NO5S. The van der Waals surface area contributed by atoms with Gasteiger partial charge >= 0.3 is 22.4 Å². The van der Waals surface area contributed by atoms with Crippen molar-refractivity contribution in [2.24, 2.45) is 4.40 Å². The molecule has 10 heteroatoms. The third-order valence-electron chi connectivity index (χ3n) is 0.562. The quantitative estimate of drug-likeness (QED) is 0.468. The van der Waals surface area contributed by atoms with Crippen molar-refractivity contribution < 1.29 is 35.4 Å². The molecule has 74 valence electrons. The maximum atomic E-state index is 11.3. The predicted octanol–water partition coefficient (Wildman–Crippen LogP) is -0.327. The van der Waals surface area contributed by atoms with Crippen molar-refractivity contribution in [3.05, 3.63) is 0 Å². The molecule has 0 N–H and O–H groups in total. The van der Waals surface area contributed by atoms with Crippen molar-refractivity contribution in [3.63, 3.8) is 0 Å². The second kappa shape index (κ2) is 3.54. The van der Waals surface area contributed by atoms with Gasteiger partial charge in [-0.2, -0.15) is 21.6 Å². The van der Waals surface area contributed by atoms with Gasteiger partial charge in [0.05, 0.1) is 0 Å². The van der Waals surface area contributed by atoms with Gasteiger partial charge in [0.2, 0.25) is 0 Å². The van der Waals surface area contributed by atoms with E-state index in [2.05, 4.69) is 4.18 Å². The summed E-state index contributed by atoms with van der Waals surface area (Å²) in [6.45, 7) is 0. The van der Waals surface area contributed by atoms with Crippen molar-refractivity contribution in [1.82, 2.24) is 0 Å². The van der Waals surface area contributed by atoms with E-state index < -0.39 is 22.4 Å². The highest BCUT2D eigenvalue weighted by atomic mass is 32.2. The Labute approximate surface area is 69.3 Å². The Morgan fingerprint density at radius 2 is 1.85 bits per heavy atom. The largest absolute Gasteiger partial charge is 0.492 e. The zero-order valence-corrected chi connectivity index (χ0v) is 6.35. The summed E-state index contributed by atoms with van der Waals surface area (Å²) >= 11 is 0. The first-order valence-corrected chi connectivity index (χ1v) is 3.70. The van der Waals surface area contributed by atoms with Crippen LogP contribution < -0.4 is 0 Å². The molecule has 0 aromatic heterocycles. The predicted molar refractivity (Wildman–Crippen MR) is 29.2 cm³/mol. The Kier molecular flexibility index (Phi) is 3.15. The minimum Gasteiger partial charge on any atom is -0.320 e. The van der Waals surface area contributed by atoms with Gasteiger partial charge in [0.25, 0.3) is 6.08 Å². The number of hydrogen-bond donors (Lipinski definition) is 0. The lowest BCUT2D eigenvalue weighted by molar-refractivity contribution is -0.189. The van der Waals surface area contributed by atoms with Gasteiger partial charge in [0.1, 0.15) is 0 Å². The molecule has 0 unspecified atom stereocenters. The lowest BCUT2D eigenvalue weighted by atomic mass is 10.7. The SMILES string of the molecule is O=C=NS(=O)(=O)OC(=O)C(F)(F)F. The summed E-state index contributed by atoms with van der Waals surface area (Å²) in [7, 11) is -5.18. The van der Waals surface area contributed by atoms with Gasteiger partial charge in [-0.15, -0.1) is 0 Å². The maximum absolute atomic E-state index is 11.3. The van der Waals surface area contributed by atoms with Gasteiger partial charge in [-0.05, 0) is 4.40 Å². The number of hydrogen-bond acceptors (Lipinski definition) is 5. The number of carbonyl (C=O) groups is 1. The average molecular weight is 219 g/mol. The number of nitrogens with zero attached hydrogens (tertiary/aromatic N) is 1. The van der Waals surface area contributed by atoms with Gasteiger partial charge in [0, 0.05) is 0 Å². The third-order valence-corrected chi connectivity index (χ3v) is 1.22. The minimum atomic E-state index is -5.47. The van der Waals surface area contributed by atoms with E-state index in [0.717, 1.165) is 0 Å². The fraction of sp³-hybridized carbons (Fsp3) is 0.333. The number of carbonyl (C=O) groups excluding carboxylic acids is 2. The Morgan fingerprint density at radius 3 is 2.15 bits per heavy atom. The van der Waals surface area contributed by atoms with E-state index in [1.54, 1.807) is 0 Å². The molecule has 13 heavy (non-hydrogen) atoms. The smallest absolute Gasteiger partial charge is 0.320 e. The molecule has 0 aliphatic carbocycles. The van der Waals surface area contributed by atoms with Gasteiger partial charge in [-0.25, -0.2) is 9.59 Å². The second-order valence-electron chi connectivity index (χ2n) is 1.48. The molecule has 0 aliphatic rings. The van der Waals surface area contributed by atoms with E-state index >= 15 is 0 Å². The summed E-state index contributed by atoms with van der Waals surface area (Å²) in [5.74, 6) is -2.98. The number of rotatable bonds is 2. The zero-order chi connectivity index (χ0) is 10.7. The normalized spacial score (nSPS) is 11.6. The zero-order valence-electron chi connectivity index (χ0n) is 5.53. The Hall–Kier alpha value is -1.41. The standard InChI is InChI=1S/C3F3NO5S/c4-3(5,6)2(9)12-13(10,11)7-1-8. The molecule has 0 amide bonds. The first-order chi connectivity index (χ1) is 5.69. The first kappa shape index (κ1) is 11.6. The fourth-order valence-electron chi connectivity index (χ4n) is 0.207. The number of alkyl halides is 3. The van der Waals surface area contributed by atoms with Gasteiger partial charge in [-0.3, -0.25) is 0 Å². The summed E-state index contributed by atoms with van der Waals surface area (Å²) in [5.41, 5.74) is 0. The van der Waals surface area contributed by atoms with Crippen LogP contribution in [-0.2, 0) is 24.1 Å². The highest BCUT2D eigenvalue weighted by Crippen LogP contribution is 2.17. The van der Waals surface area contributed by atoms with Crippen LogP contribution in [0.2, 0.25) is 0 Å². The van der Waals surface area contributed by atoms with Crippen LogP contribution in [-0.4, -0.2) is 26.6 Å². The summed E-state index contributed by atoms with van der Waals surface area (Å²) < 4.78 is 58.9. The van der Waals surface area contributed by atoms with Crippen LogP contribution >= 0.6 is 0 Å². The summed E-state index contributed by atoms with van der Waals surface area (Å²) in [5, 5.41) is 0. The van der Waals surface area contributed by atoms with Gasteiger partial charge in [-0.1, -0.05) is 0 Å². The molecule has 0 aromatic carbocycles. The molecule has 0 aliphatic heterocycles. The molecule has 0 saturated heterocycles. The number of halogens is 3. The van der Waals surface area contributed by atoms with Gasteiger partial charge in [0.15, 0.2) is 0 Å². The Bertz CT molecular complexity index is 350. The van der Waals surface area contributed by atoms with E-state index in [1.807, 2.05) is 4.40 Å². The lowest BCUT2D eigenvalue weighted by Gasteiger charge is -2.02. The van der Waals surface area contributed by atoms with E-state index in [4.69, 9.17) is 0 Å². The fourth-order valence-corrected chi connectivity index (χ4v) is 0.622. The molecule has 0 heterocycles. The van der Waals surface area contributed by atoms with E-state index in [-0.39, 0.29) is 0 Å². The number of isocyanates is 1. The van der Waals surface area contributed by atoms with Crippen LogP contribution in [0.1, 0.15) is 0 Å². The van der Waals surface area contributed by atoms with Crippen LogP contribution in [0.4, 0.5) is 13.2 Å². The van der Waals surface area contributed by atoms with E-state index in [0.29, 0.717) is 6.08 Å². The topological polar surface area (TPSA) is 89.9 Å². The molecule has 0 saturated carbocycles. The van der Waals surface area contributed by atoms with Crippen LogP contribution in [0.25, 0.3) is 0 Å². The highest BCUT2D eigenvalue weighted by molar-refractivity contribution is 7.85. The monoisotopic (exact) mass is 219 g/mol. The molecule has 0 spiro atoms. The molecule has 0 bridgehead atoms. The van der Waals surface area contributed by atoms with Gasteiger partial charge < -0.3 is 4.18 Å². The maximum Gasteiger partial charge on any atom is 0.492 e. The highest BCUT2D eigenvalue weighted by Gasteiger charge is 2.43. The molecule has 0 fully saturated rings. The molecule has 6 nitrogen and oxygen atoms in total. The molecule has 0 radical (unpaired) electrons. The molecule has 0 atom stereocenters. The summed E-state index contributed by atoms with van der Waals surface area (Å²) in [6, 6.07) is 0. The Balaban J connectivity index is 4.67. The van der Waals surface area contributed by atoms with E-state index in [9.17, 15) is 31.2 Å². The van der Waals surface area contributed by atoms with Crippen molar-refractivity contribution >= 4 is 22.4 Å². The lowest BCUT2D eigenvalue weighted by Crippen LogP contribution is -2.27. The minimum absolute atomic E-state index is 0.407. The Morgan fingerprint density at radius 1 is 1.38 bits per heavy atom. The van der Waals surface area contributed by atoms with E-state index in [1.165, 1.54) is 0 Å². The van der Waals surface area contributed by atoms with Crippen LogP contribution in [0.3, 0.4) is 0 Å². The summed E-state index contributed by atoms with van der Waals surface area (Å²) in [4.78, 5) is 19.1. The molecular weight excluding hydrogens is 219 g/mol. The van der Waals surface area contributed by atoms with Crippen molar-refractivity contribution in [2.75, 3.05) is 0 Å². The van der Waals surface area contributed by atoms with Crippen LogP contribution in [0.5, 0.6) is 0 Å². The summed E-state index contributed by atoms with van der Waals surface area (Å²) in [6.07, 6.45) is -5.06. The van der Waals surface area contributed by atoms with Crippen molar-refractivity contribution in [2.45, 2.75) is 6.18 Å². The van der Waals surface area contributed by atoms with Crippen molar-refractivity contribution in [3.8, 4) is 0 Å².